The fraction of sp³-hybridized carbons (Fsp3) is 0.429. The predicted octanol–water partition coefficient (Wildman–Crippen LogP) is 4.84. The van der Waals surface area contributed by atoms with Crippen molar-refractivity contribution < 1.29 is 0 Å². The molecule has 1 aliphatic rings. The van der Waals surface area contributed by atoms with Crippen molar-refractivity contribution in [2.45, 2.75) is 46.5 Å². The van der Waals surface area contributed by atoms with Gasteiger partial charge in [0.05, 0.1) is 16.1 Å². The summed E-state index contributed by atoms with van der Waals surface area (Å²) in [6, 6.07) is 4.45. The van der Waals surface area contributed by atoms with Crippen LogP contribution in [0.4, 0.5) is 0 Å². The first-order valence-corrected chi connectivity index (χ1v) is 10.7. The summed E-state index contributed by atoms with van der Waals surface area (Å²) >= 11 is 1.90. The summed E-state index contributed by atoms with van der Waals surface area (Å²) in [6.45, 7) is 10.4. The zero-order valence-corrected chi connectivity index (χ0v) is 17.3. The van der Waals surface area contributed by atoms with Crippen LogP contribution in [0.1, 0.15) is 48.7 Å². The third kappa shape index (κ3) is 3.39. The molecule has 142 valence electrons. The Morgan fingerprint density at radius 3 is 2.59 bits per heavy atom. The van der Waals surface area contributed by atoms with E-state index in [0.29, 0.717) is 5.92 Å². The summed E-state index contributed by atoms with van der Waals surface area (Å²) in [4.78, 5) is 6.06. The second-order valence-corrected chi connectivity index (χ2v) is 8.11. The number of aryl methyl sites for hydroxylation is 2. The van der Waals surface area contributed by atoms with Crippen LogP contribution in [0.15, 0.2) is 30.7 Å². The summed E-state index contributed by atoms with van der Waals surface area (Å²) in [5.41, 5.74) is 5.41. The number of rotatable bonds is 2. The van der Waals surface area contributed by atoms with Crippen molar-refractivity contribution in [2.75, 3.05) is 13.1 Å². The van der Waals surface area contributed by atoms with Gasteiger partial charge in [0.2, 0.25) is 0 Å². The molecule has 0 bridgehead atoms. The first kappa shape index (κ1) is 18.2. The van der Waals surface area contributed by atoms with Crippen LogP contribution in [-0.4, -0.2) is 32.3 Å². The van der Waals surface area contributed by atoms with Crippen molar-refractivity contribution in [3.8, 4) is 5.69 Å². The van der Waals surface area contributed by atoms with E-state index in [-0.39, 0.29) is 0 Å². The Balaban J connectivity index is 0.000000872. The van der Waals surface area contributed by atoms with E-state index in [0.717, 1.165) is 35.6 Å². The molecule has 5 rings (SSSR count). The zero-order chi connectivity index (χ0) is 19.0. The first-order chi connectivity index (χ1) is 13.2. The molecule has 4 aromatic heterocycles. The van der Waals surface area contributed by atoms with Crippen molar-refractivity contribution >= 4 is 27.2 Å². The molecule has 5 heterocycles. The summed E-state index contributed by atoms with van der Waals surface area (Å²) in [5.74, 6) is 0.696. The number of imidazole rings is 1. The maximum atomic E-state index is 4.83. The number of hydrogen-bond donors (Lipinski definition) is 1. The normalized spacial score (nSPS) is 15.3. The van der Waals surface area contributed by atoms with Crippen LogP contribution in [0.2, 0.25) is 0 Å². The van der Waals surface area contributed by atoms with Gasteiger partial charge in [-0.15, -0.1) is 11.3 Å². The molecule has 1 saturated heterocycles. The van der Waals surface area contributed by atoms with Gasteiger partial charge in [-0.3, -0.25) is 0 Å². The molecular formula is C21H27N5S. The van der Waals surface area contributed by atoms with Crippen LogP contribution < -0.4 is 5.32 Å². The zero-order valence-electron chi connectivity index (χ0n) is 16.5. The Labute approximate surface area is 164 Å². The smallest absolute Gasteiger partial charge is 0.140 e. The largest absolute Gasteiger partial charge is 0.317 e. The molecule has 0 aliphatic carbocycles. The predicted molar refractivity (Wildman–Crippen MR) is 113 cm³/mol. The number of thiophene rings is 1. The van der Waals surface area contributed by atoms with Gasteiger partial charge in [-0.05, 0) is 63.4 Å². The number of nitrogens with one attached hydrogen (secondary N) is 1. The Kier molecular flexibility index (Phi) is 5.02. The molecule has 1 aliphatic heterocycles. The van der Waals surface area contributed by atoms with Crippen molar-refractivity contribution in [3.63, 3.8) is 0 Å². The van der Waals surface area contributed by atoms with Crippen molar-refractivity contribution in [2.24, 2.45) is 0 Å². The van der Waals surface area contributed by atoms with Gasteiger partial charge in [0.15, 0.2) is 0 Å². The Hall–Kier alpha value is -2.18. The number of pyridine rings is 1. The lowest BCUT2D eigenvalue weighted by Gasteiger charge is -2.21. The highest BCUT2D eigenvalue weighted by Crippen LogP contribution is 2.35. The SMILES string of the molecule is CC.Cc1cn2cc(-n3cc4sc(C5CCNCC5)cc4n3)cc(C)c2n1. The summed E-state index contributed by atoms with van der Waals surface area (Å²) in [6.07, 6.45) is 8.80. The fourth-order valence-corrected chi connectivity index (χ4v) is 4.96. The summed E-state index contributed by atoms with van der Waals surface area (Å²) < 4.78 is 5.36. The number of hydrogen-bond acceptors (Lipinski definition) is 4. The van der Waals surface area contributed by atoms with Crippen LogP contribution in [0.5, 0.6) is 0 Å². The van der Waals surface area contributed by atoms with Crippen molar-refractivity contribution in [1.82, 2.24) is 24.5 Å². The average Bonchev–Trinajstić information content (AvgIpc) is 3.36. The number of piperidine rings is 1. The Morgan fingerprint density at radius 1 is 1.07 bits per heavy atom. The third-order valence-electron chi connectivity index (χ3n) is 5.06. The molecule has 0 unspecified atom stereocenters. The van der Waals surface area contributed by atoms with Gasteiger partial charge >= 0.3 is 0 Å². The van der Waals surface area contributed by atoms with Gasteiger partial charge in [0, 0.05) is 23.5 Å². The lowest BCUT2D eigenvalue weighted by Crippen LogP contribution is -2.26. The molecule has 1 fully saturated rings. The standard InChI is InChI=1S/C19H21N5S.C2H6/c1-12-7-15(10-23-9-13(2)21-19(12)23)24-11-18-16(22-24)8-17(25-18)14-3-5-20-6-4-14;1-2/h7-11,14,20H,3-6H2,1-2H3;1-2H3. The molecule has 0 aromatic carbocycles. The molecule has 0 amide bonds. The maximum absolute atomic E-state index is 4.83. The highest BCUT2D eigenvalue weighted by Gasteiger charge is 2.19. The molecule has 6 heteroatoms. The van der Waals surface area contributed by atoms with E-state index in [9.17, 15) is 0 Å². The van der Waals surface area contributed by atoms with Crippen LogP contribution in [0.25, 0.3) is 21.6 Å². The van der Waals surface area contributed by atoms with Gasteiger partial charge in [0.1, 0.15) is 11.2 Å². The second-order valence-electron chi connectivity index (χ2n) is 6.99. The molecule has 1 N–H and O–H groups in total. The molecule has 5 nitrogen and oxygen atoms in total. The minimum Gasteiger partial charge on any atom is -0.317 e. The van der Waals surface area contributed by atoms with Crippen LogP contribution in [0, 0.1) is 13.8 Å². The van der Waals surface area contributed by atoms with Crippen molar-refractivity contribution in [3.05, 3.63) is 46.9 Å². The summed E-state index contributed by atoms with van der Waals surface area (Å²) in [5, 5.41) is 8.27. The summed E-state index contributed by atoms with van der Waals surface area (Å²) in [7, 11) is 0. The van der Waals surface area contributed by atoms with Crippen LogP contribution >= 0.6 is 11.3 Å². The van der Waals surface area contributed by atoms with Crippen LogP contribution in [-0.2, 0) is 0 Å². The molecule has 0 radical (unpaired) electrons. The topological polar surface area (TPSA) is 47.1 Å². The molecular weight excluding hydrogens is 354 g/mol. The maximum Gasteiger partial charge on any atom is 0.140 e. The molecule has 0 saturated carbocycles. The van der Waals surface area contributed by atoms with E-state index < -0.39 is 0 Å². The van der Waals surface area contributed by atoms with E-state index in [1.807, 2.05) is 36.8 Å². The molecule has 0 spiro atoms. The van der Waals surface area contributed by atoms with E-state index in [1.165, 1.54) is 28.0 Å². The third-order valence-corrected chi connectivity index (χ3v) is 6.28. The minimum atomic E-state index is 0.696. The van der Waals surface area contributed by atoms with Gasteiger partial charge in [-0.1, -0.05) is 13.8 Å². The number of fused-ring (bicyclic) bond motifs is 2. The highest BCUT2D eigenvalue weighted by atomic mass is 32.1. The molecule has 4 aromatic rings. The van der Waals surface area contributed by atoms with Crippen molar-refractivity contribution in [1.29, 1.82) is 0 Å². The fourth-order valence-electron chi connectivity index (χ4n) is 3.78. The number of aromatic nitrogens is 4. The van der Waals surface area contributed by atoms with Gasteiger partial charge < -0.3 is 9.72 Å². The molecule has 0 atom stereocenters. The lowest BCUT2D eigenvalue weighted by molar-refractivity contribution is 0.465. The molecule has 27 heavy (non-hydrogen) atoms. The Bertz CT molecular complexity index is 1030. The van der Waals surface area contributed by atoms with E-state index in [2.05, 4.69) is 52.3 Å². The van der Waals surface area contributed by atoms with Gasteiger partial charge in [-0.25, -0.2) is 9.67 Å². The number of nitrogens with zero attached hydrogens (tertiary/aromatic N) is 4. The lowest BCUT2D eigenvalue weighted by atomic mass is 9.96. The van der Waals surface area contributed by atoms with E-state index in [1.54, 1.807) is 0 Å². The second kappa shape index (κ2) is 7.44. The minimum absolute atomic E-state index is 0.696. The monoisotopic (exact) mass is 381 g/mol. The van der Waals surface area contributed by atoms with Crippen LogP contribution in [0.3, 0.4) is 0 Å². The van der Waals surface area contributed by atoms with Gasteiger partial charge in [-0.2, -0.15) is 5.10 Å². The van der Waals surface area contributed by atoms with E-state index >= 15 is 0 Å². The van der Waals surface area contributed by atoms with E-state index in [4.69, 9.17) is 5.10 Å². The first-order valence-electron chi connectivity index (χ1n) is 9.83. The Morgan fingerprint density at radius 2 is 1.85 bits per heavy atom. The van der Waals surface area contributed by atoms with Gasteiger partial charge in [0.25, 0.3) is 0 Å². The quantitative estimate of drug-likeness (QED) is 0.540. The highest BCUT2D eigenvalue weighted by molar-refractivity contribution is 7.19. The average molecular weight is 382 g/mol.